The fourth-order valence-electron chi connectivity index (χ4n) is 1.58. The van der Waals surface area contributed by atoms with E-state index in [1.807, 2.05) is 0 Å². The first-order valence-electron chi connectivity index (χ1n) is 5.82. The highest BCUT2D eigenvalue weighted by atomic mass is 16.8. The second-order valence-electron chi connectivity index (χ2n) is 4.57. The minimum absolute atomic E-state index is 0.112. The largest absolute Gasteiger partial charge is 0.459 e. The third-order valence-corrected chi connectivity index (χ3v) is 2.54. The first kappa shape index (κ1) is 15.4. The standard InChI is InChI=1S/C13H18O6/c1-5-10(15)18-12-13(19-12,6-9(4)14)7-17-11(16)8(2)3/h5,9,12,14H,1-2,6-7H2,3-4H3. The minimum Gasteiger partial charge on any atom is -0.459 e. The van der Waals surface area contributed by atoms with Crippen molar-refractivity contribution >= 4 is 11.9 Å². The van der Waals surface area contributed by atoms with Gasteiger partial charge in [-0.1, -0.05) is 13.2 Å². The van der Waals surface area contributed by atoms with E-state index in [-0.39, 0.29) is 18.6 Å². The van der Waals surface area contributed by atoms with Crippen LogP contribution in [0.15, 0.2) is 24.8 Å². The number of carbonyl (C=O) groups excluding carboxylic acids is 2. The Morgan fingerprint density at radius 3 is 2.68 bits per heavy atom. The van der Waals surface area contributed by atoms with Crippen LogP contribution in [0.5, 0.6) is 0 Å². The lowest BCUT2D eigenvalue weighted by Gasteiger charge is -2.14. The van der Waals surface area contributed by atoms with Gasteiger partial charge in [-0.05, 0) is 13.8 Å². The van der Waals surface area contributed by atoms with Crippen LogP contribution in [0.25, 0.3) is 0 Å². The molecule has 6 nitrogen and oxygen atoms in total. The van der Waals surface area contributed by atoms with Crippen molar-refractivity contribution < 1.29 is 28.9 Å². The van der Waals surface area contributed by atoms with E-state index in [9.17, 15) is 14.7 Å². The van der Waals surface area contributed by atoms with Crippen LogP contribution in [0.4, 0.5) is 0 Å². The van der Waals surface area contributed by atoms with Crippen molar-refractivity contribution in [3.05, 3.63) is 24.8 Å². The summed E-state index contributed by atoms with van der Waals surface area (Å²) in [5.74, 6) is -1.20. The number of aliphatic hydroxyl groups is 1. The zero-order valence-corrected chi connectivity index (χ0v) is 11.0. The summed E-state index contributed by atoms with van der Waals surface area (Å²) in [6.07, 6.45) is -0.332. The van der Waals surface area contributed by atoms with E-state index >= 15 is 0 Å². The summed E-state index contributed by atoms with van der Waals surface area (Å²) in [7, 11) is 0. The molecular formula is C13H18O6. The van der Waals surface area contributed by atoms with Gasteiger partial charge in [0.15, 0.2) is 5.60 Å². The molecule has 1 heterocycles. The summed E-state index contributed by atoms with van der Waals surface area (Å²) in [5.41, 5.74) is -0.731. The van der Waals surface area contributed by atoms with Crippen LogP contribution in [-0.4, -0.2) is 41.6 Å². The van der Waals surface area contributed by atoms with Gasteiger partial charge in [-0.3, -0.25) is 0 Å². The van der Waals surface area contributed by atoms with Crippen LogP contribution >= 0.6 is 0 Å². The highest BCUT2D eigenvalue weighted by Crippen LogP contribution is 2.42. The summed E-state index contributed by atoms with van der Waals surface area (Å²) in [6.45, 7) is 9.70. The molecule has 106 valence electrons. The molecule has 1 fully saturated rings. The van der Waals surface area contributed by atoms with Gasteiger partial charge in [-0.2, -0.15) is 0 Å². The highest BCUT2D eigenvalue weighted by molar-refractivity contribution is 5.87. The maximum Gasteiger partial charge on any atom is 0.333 e. The van der Waals surface area contributed by atoms with Crippen LogP contribution in [0.3, 0.4) is 0 Å². The van der Waals surface area contributed by atoms with E-state index < -0.39 is 29.9 Å². The topological polar surface area (TPSA) is 85.4 Å². The van der Waals surface area contributed by atoms with Crippen molar-refractivity contribution in [2.75, 3.05) is 6.61 Å². The first-order valence-corrected chi connectivity index (χ1v) is 5.82. The van der Waals surface area contributed by atoms with E-state index in [0.717, 1.165) is 6.08 Å². The lowest BCUT2D eigenvalue weighted by molar-refractivity contribution is -0.142. The molecule has 6 heteroatoms. The lowest BCUT2D eigenvalue weighted by Crippen LogP contribution is -2.30. The van der Waals surface area contributed by atoms with Gasteiger partial charge in [0, 0.05) is 18.1 Å². The van der Waals surface area contributed by atoms with Crippen LogP contribution in [0.1, 0.15) is 20.3 Å². The number of ether oxygens (including phenoxy) is 3. The van der Waals surface area contributed by atoms with Crippen LogP contribution in [0.2, 0.25) is 0 Å². The molecule has 1 aliphatic heterocycles. The number of epoxide rings is 1. The monoisotopic (exact) mass is 270 g/mol. The Balaban J connectivity index is 2.59. The van der Waals surface area contributed by atoms with E-state index in [1.54, 1.807) is 6.92 Å². The molecule has 0 spiro atoms. The van der Waals surface area contributed by atoms with E-state index in [1.165, 1.54) is 6.92 Å². The van der Waals surface area contributed by atoms with E-state index in [0.29, 0.717) is 0 Å². The predicted molar refractivity (Wildman–Crippen MR) is 66.0 cm³/mol. The minimum atomic E-state index is -0.988. The highest BCUT2D eigenvalue weighted by Gasteiger charge is 2.61. The maximum absolute atomic E-state index is 11.3. The van der Waals surface area contributed by atoms with Crippen LogP contribution in [0, 0.1) is 0 Å². The molecule has 0 aromatic heterocycles. The Morgan fingerprint density at radius 1 is 1.58 bits per heavy atom. The number of rotatable bonds is 7. The molecule has 1 N–H and O–H groups in total. The summed E-state index contributed by atoms with van der Waals surface area (Å²) < 4.78 is 15.2. The van der Waals surface area contributed by atoms with Gasteiger partial charge in [-0.15, -0.1) is 0 Å². The molecule has 1 aliphatic rings. The second kappa shape index (κ2) is 5.99. The summed E-state index contributed by atoms with van der Waals surface area (Å²) >= 11 is 0. The SMILES string of the molecule is C=CC(=O)OC1OC1(COC(=O)C(=C)C)CC(C)O. The molecule has 0 aromatic rings. The van der Waals surface area contributed by atoms with Crippen molar-refractivity contribution in [1.82, 2.24) is 0 Å². The van der Waals surface area contributed by atoms with Gasteiger partial charge in [0.05, 0.1) is 6.10 Å². The van der Waals surface area contributed by atoms with Crippen molar-refractivity contribution in [1.29, 1.82) is 0 Å². The zero-order chi connectivity index (χ0) is 14.6. The molecule has 0 radical (unpaired) electrons. The van der Waals surface area contributed by atoms with Crippen molar-refractivity contribution in [2.45, 2.75) is 38.3 Å². The molecule has 0 bridgehead atoms. The molecule has 1 rings (SSSR count). The second-order valence-corrected chi connectivity index (χ2v) is 4.57. The normalized spacial score (nSPS) is 26.2. The number of hydrogen-bond donors (Lipinski definition) is 1. The zero-order valence-electron chi connectivity index (χ0n) is 11.0. The smallest absolute Gasteiger partial charge is 0.333 e. The Bertz CT molecular complexity index is 400. The van der Waals surface area contributed by atoms with Gasteiger partial charge in [0.1, 0.15) is 6.61 Å². The molecule has 3 unspecified atom stereocenters. The molecule has 0 saturated carbocycles. The van der Waals surface area contributed by atoms with Gasteiger partial charge in [0.25, 0.3) is 0 Å². The summed E-state index contributed by atoms with van der Waals surface area (Å²) in [5, 5.41) is 9.41. The number of esters is 2. The lowest BCUT2D eigenvalue weighted by atomic mass is 10.0. The summed E-state index contributed by atoms with van der Waals surface area (Å²) in [6, 6.07) is 0. The first-order chi connectivity index (χ1) is 8.80. The molecule has 1 saturated heterocycles. The van der Waals surface area contributed by atoms with Crippen LogP contribution in [-0.2, 0) is 23.8 Å². The molecule has 0 aromatic carbocycles. The number of hydrogen-bond acceptors (Lipinski definition) is 6. The Kier molecular flexibility index (Phi) is 4.85. The predicted octanol–water partition coefficient (Wildman–Crippen LogP) is 0.701. The molecular weight excluding hydrogens is 252 g/mol. The van der Waals surface area contributed by atoms with Gasteiger partial charge in [-0.25, -0.2) is 9.59 Å². The van der Waals surface area contributed by atoms with Gasteiger partial charge in [0.2, 0.25) is 6.29 Å². The van der Waals surface area contributed by atoms with E-state index in [4.69, 9.17) is 14.2 Å². The van der Waals surface area contributed by atoms with Crippen molar-refractivity contribution in [3.8, 4) is 0 Å². The van der Waals surface area contributed by atoms with Gasteiger partial charge < -0.3 is 19.3 Å². The fraction of sp³-hybridized carbons (Fsp3) is 0.538. The van der Waals surface area contributed by atoms with Gasteiger partial charge >= 0.3 is 11.9 Å². The Hall–Kier alpha value is -1.66. The molecule has 19 heavy (non-hydrogen) atoms. The van der Waals surface area contributed by atoms with Crippen LogP contribution < -0.4 is 0 Å². The number of carbonyl (C=O) groups is 2. The maximum atomic E-state index is 11.3. The Morgan fingerprint density at radius 2 is 2.21 bits per heavy atom. The van der Waals surface area contributed by atoms with Crippen molar-refractivity contribution in [3.63, 3.8) is 0 Å². The molecule has 0 amide bonds. The quantitative estimate of drug-likeness (QED) is 0.416. The third-order valence-electron chi connectivity index (χ3n) is 2.54. The Labute approximate surface area is 111 Å². The van der Waals surface area contributed by atoms with Crippen molar-refractivity contribution in [2.24, 2.45) is 0 Å². The average molecular weight is 270 g/mol. The molecule has 3 atom stereocenters. The molecule has 0 aliphatic carbocycles. The third kappa shape index (κ3) is 4.18. The number of aliphatic hydroxyl groups excluding tert-OH is 1. The summed E-state index contributed by atoms with van der Waals surface area (Å²) in [4.78, 5) is 22.4. The average Bonchev–Trinajstić information content (AvgIpc) is 2.97. The van der Waals surface area contributed by atoms with E-state index in [2.05, 4.69) is 13.2 Å². The fourth-order valence-corrected chi connectivity index (χ4v) is 1.58.